The van der Waals surface area contributed by atoms with Crippen LogP contribution in [0.25, 0.3) is 0 Å². The zero-order valence-corrected chi connectivity index (χ0v) is 12.8. The van der Waals surface area contributed by atoms with Crippen LogP contribution >= 0.6 is 11.6 Å². The van der Waals surface area contributed by atoms with Crippen molar-refractivity contribution < 1.29 is 18.3 Å². The summed E-state index contributed by atoms with van der Waals surface area (Å²) in [5.41, 5.74) is 1.06. The summed E-state index contributed by atoms with van der Waals surface area (Å²) in [7, 11) is -4.03. The van der Waals surface area contributed by atoms with Crippen molar-refractivity contribution in [3.8, 4) is 0 Å². The average Bonchev–Trinajstić information content (AvgIpc) is 2.88. The predicted octanol–water partition coefficient (Wildman–Crippen LogP) is 1.94. The Bertz CT molecular complexity index is 836. The number of benzene rings is 1. The fourth-order valence-electron chi connectivity index (χ4n) is 2.47. The molecule has 1 atom stereocenters. The molecule has 114 valence electrons. The number of nitrogens with zero attached hydrogens (tertiary/aromatic N) is 2. The molecular formula is C14H11ClN2O4S. The largest absolute Gasteiger partial charge is 0.480 e. The lowest BCUT2D eigenvalue weighted by atomic mass is 10.1. The highest BCUT2D eigenvalue weighted by molar-refractivity contribution is 7.93. The lowest BCUT2D eigenvalue weighted by molar-refractivity contribution is -0.138. The predicted molar refractivity (Wildman–Crippen MR) is 80.5 cm³/mol. The highest BCUT2D eigenvalue weighted by Crippen LogP contribution is 2.36. The first kappa shape index (κ1) is 14.8. The highest BCUT2D eigenvalue weighted by atomic mass is 35.5. The third-order valence-corrected chi connectivity index (χ3v) is 5.50. The number of hydrogen-bond acceptors (Lipinski definition) is 4. The van der Waals surface area contributed by atoms with Gasteiger partial charge in [0.05, 0.1) is 5.69 Å². The van der Waals surface area contributed by atoms with E-state index < -0.39 is 22.0 Å². The number of sulfonamides is 1. The first-order valence-corrected chi connectivity index (χ1v) is 8.20. The summed E-state index contributed by atoms with van der Waals surface area (Å²) in [5, 5.41) is 9.53. The van der Waals surface area contributed by atoms with Crippen molar-refractivity contribution in [2.45, 2.75) is 17.4 Å². The number of para-hydroxylation sites is 1. The smallest absolute Gasteiger partial charge is 0.327 e. The molecule has 1 aromatic heterocycles. The molecule has 6 nitrogen and oxygen atoms in total. The molecule has 2 heterocycles. The van der Waals surface area contributed by atoms with Gasteiger partial charge in [-0.2, -0.15) is 0 Å². The molecule has 1 aliphatic rings. The molecule has 22 heavy (non-hydrogen) atoms. The zero-order valence-electron chi connectivity index (χ0n) is 11.2. The van der Waals surface area contributed by atoms with Gasteiger partial charge in [0, 0.05) is 12.6 Å². The molecule has 8 heteroatoms. The number of rotatable bonds is 3. The lowest BCUT2D eigenvalue weighted by Crippen LogP contribution is -2.42. The third kappa shape index (κ3) is 2.32. The van der Waals surface area contributed by atoms with E-state index >= 15 is 0 Å². The van der Waals surface area contributed by atoms with Crippen molar-refractivity contribution in [1.29, 1.82) is 0 Å². The van der Waals surface area contributed by atoms with Gasteiger partial charge in [-0.25, -0.2) is 18.2 Å². The van der Waals surface area contributed by atoms with E-state index in [1.807, 2.05) is 0 Å². The molecule has 1 aliphatic heterocycles. The number of carboxylic acids is 1. The maximum atomic E-state index is 12.8. The number of anilines is 1. The molecule has 0 fully saturated rings. The SMILES string of the molecule is O=C(O)C1Cc2ccccc2N1S(=O)(=O)c1ccc(Cl)nc1. The number of hydrogen-bond donors (Lipinski definition) is 1. The standard InChI is InChI=1S/C14H11ClN2O4S/c15-13-6-5-10(8-16-13)22(20,21)17-11-4-2-1-3-9(11)7-12(17)14(18)19/h1-6,8,12H,7H2,(H,18,19). The van der Waals surface area contributed by atoms with E-state index in [1.165, 1.54) is 12.1 Å². The minimum absolute atomic E-state index is 0.0974. The van der Waals surface area contributed by atoms with Crippen LogP contribution in [0, 0.1) is 0 Å². The van der Waals surface area contributed by atoms with Gasteiger partial charge in [-0.1, -0.05) is 29.8 Å². The summed E-state index contributed by atoms with van der Waals surface area (Å²) in [6.07, 6.45) is 1.25. The fourth-order valence-corrected chi connectivity index (χ4v) is 4.17. The second-order valence-corrected chi connectivity index (χ2v) is 7.01. The molecule has 0 saturated carbocycles. The molecule has 1 aromatic carbocycles. The molecule has 0 saturated heterocycles. The van der Waals surface area contributed by atoms with Crippen molar-refractivity contribution in [3.63, 3.8) is 0 Å². The first-order valence-electron chi connectivity index (χ1n) is 6.38. The van der Waals surface area contributed by atoms with Crippen molar-refractivity contribution >= 4 is 33.3 Å². The van der Waals surface area contributed by atoms with Crippen LogP contribution in [0.5, 0.6) is 0 Å². The van der Waals surface area contributed by atoms with Crippen molar-refractivity contribution in [2.24, 2.45) is 0 Å². The van der Waals surface area contributed by atoms with Gasteiger partial charge in [-0.05, 0) is 23.8 Å². The molecule has 0 bridgehead atoms. The van der Waals surface area contributed by atoms with Gasteiger partial charge in [0.2, 0.25) is 0 Å². The van der Waals surface area contributed by atoms with E-state index in [9.17, 15) is 18.3 Å². The van der Waals surface area contributed by atoms with Gasteiger partial charge < -0.3 is 5.11 Å². The average molecular weight is 339 g/mol. The number of aliphatic carboxylic acids is 1. The van der Waals surface area contributed by atoms with Gasteiger partial charge in [0.25, 0.3) is 10.0 Å². The normalized spacial score (nSPS) is 17.3. The Morgan fingerprint density at radius 3 is 2.64 bits per heavy atom. The molecule has 0 spiro atoms. The highest BCUT2D eigenvalue weighted by Gasteiger charge is 2.42. The lowest BCUT2D eigenvalue weighted by Gasteiger charge is -2.24. The van der Waals surface area contributed by atoms with Gasteiger partial charge in [0.15, 0.2) is 0 Å². The van der Waals surface area contributed by atoms with Crippen molar-refractivity contribution in [2.75, 3.05) is 4.31 Å². The molecule has 1 N–H and O–H groups in total. The molecular weight excluding hydrogens is 328 g/mol. The Morgan fingerprint density at radius 2 is 2.00 bits per heavy atom. The number of halogens is 1. The van der Waals surface area contributed by atoms with Crippen LogP contribution in [0.3, 0.4) is 0 Å². The summed E-state index contributed by atoms with van der Waals surface area (Å²) < 4.78 is 26.5. The van der Waals surface area contributed by atoms with Crippen LogP contribution in [0.4, 0.5) is 5.69 Å². The fraction of sp³-hybridized carbons (Fsp3) is 0.143. The van der Waals surface area contributed by atoms with E-state index in [0.717, 1.165) is 10.5 Å². The van der Waals surface area contributed by atoms with Crippen LogP contribution in [-0.2, 0) is 21.2 Å². The maximum Gasteiger partial charge on any atom is 0.327 e. The number of carbonyl (C=O) groups is 1. The Hall–Kier alpha value is -2.12. The van der Waals surface area contributed by atoms with Crippen LogP contribution in [0.1, 0.15) is 5.56 Å². The second-order valence-electron chi connectivity index (χ2n) is 4.80. The summed E-state index contributed by atoms with van der Waals surface area (Å²) in [5.74, 6) is -1.19. The second kappa shape index (κ2) is 5.26. The van der Waals surface area contributed by atoms with Crippen LogP contribution in [0.2, 0.25) is 5.15 Å². The number of aromatic nitrogens is 1. The van der Waals surface area contributed by atoms with Crippen LogP contribution in [0.15, 0.2) is 47.5 Å². The van der Waals surface area contributed by atoms with Gasteiger partial charge in [-0.3, -0.25) is 4.31 Å². The quantitative estimate of drug-likeness (QED) is 0.864. The maximum absolute atomic E-state index is 12.8. The van der Waals surface area contributed by atoms with Gasteiger partial charge in [-0.15, -0.1) is 0 Å². The topological polar surface area (TPSA) is 87.6 Å². The first-order chi connectivity index (χ1) is 10.4. The van der Waals surface area contributed by atoms with Crippen molar-refractivity contribution in [3.05, 3.63) is 53.3 Å². The summed E-state index contributed by atoms with van der Waals surface area (Å²) in [6.45, 7) is 0. The molecule has 2 aromatic rings. The van der Waals surface area contributed by atoms with E-state index in [2.05, 4.69) is 4.98 Å². The summed E-state index contributed by atoms with van der Waals surface area (Å²) in [6, 6.07) is 8.23. The van der Waals surface area contributed by atoms with Crippen molar-refractivity contribution in [1.82, 2.24) is 4.98 Å². The van der Waals surface area contributed by atoms with Gasteiger partial charge in [0.1, 0.15) is 16.1 Å². The zero-order chi connectivity index (χ0) is 15.9. The Kier molecular flexibility index (Phi) is 3.54. The molecule has 0 aliphatic carbocycles. The number of pyridine rings is 1. The molecule has 0 radical (unpaired) electrons. The summed E-state index contributed by atoms with van der Waals surface area (Å²) >= 11 is 5.67. The monoisotopic (exact) mass is 338 g/mol. The van der Waals surface area contributed by atoms with E-state index in [0.29, 0.717) is 11.3 Å². The Morgan fingerprint density at radius 1 is 1.27 bits per heavy atom. The minimum atomic E-state index is -4.03. The van der Waals surface area contributed by atoms with E-state index in [1.54, 1.807) is 24.3 Å². The Balaban J connectivity index is 2.14. The van der Waals surface area contributed by atoms with Gasteiger partial charge >= 0.3 is 5.97 Å². The molecule has 3 rings (SSSR count). The third-order valence-electron chi connectivity index (χ3n) is 3.47. The molecule has 1 unspecified atom stereocenters. The van der Waals surface area contributed by atoms with E-state index in [-0.39, 0.29) is 16.5 Å². The summed E-state index contributed by atoms with van der Waals surface area (Å²) in [4.78, 5) is 15.1. The number of carboxylic acid groups (broad SMARTS) is 1. The Labute approximate surface area is 132 Å². The number of fused-ring (bicyclic) bond motifs is 1. The minimum Gasteiger partial charge on any atom is -0.480 e. The molecule has 0 amide bonds. The van der Waals surface area contributed by atoms with E-state index in [4.69, 9.17) is 11.6 Å². The van der Waals surface area contributed by atoms with Crippen LogP contribution < -0.4 is 4.31 Å². The van der Waals surface area contributed by atoms with Crippen LogP contribution in [-0.4, -0.2) is 30.5 Å².